The van der Waals surface area contributed by atoms with Crippen LogP contribution in [0.4, 0.5) is 10.2 Å². The van der Waals surface area contributed by atoms with Gasteiger partial charge in [-0.25, -0.2) is 14.4 Å². The molecule has 1 unspecified atom stereocenters. The van der Waals surface area contributed by atoms with Crippen LogP contribution in [0, 0.1) is 11.7 Å². The third-order valence-electron chi connectivity index (χ3n) is 6.57. The minimum atomic E-state index is -0.429. The number of nitrogens with zero attached hydrogens (tertiary/aromatic N) is 3. The molecule has 2 N–H and O–H groups in total. The predicted octanol–water partition coefficient (Wildman–Crippen LogP) is 3.83. The van der Waals surface area contributed by atoms with Crippen LogP contribution in [-0.2, 0) is 9.47 Å². The van der Waals surface area contributed by atoms with Gasteiger partial charge in [0.15, 0.2) is 5.82 Å². The third kappa shape index (κ3) is 7.07. The second-order valence-corrected chi connectivity index (χ2v) is 9.37. The van der Waals surface area contributed by atoms with Gasteiger partial charge in [0.25, 0.3) is 0 Å². The first-order valence-corrected chi connectivity index (χ1v) is 12.3. The summed E-state index contributed by atoms with van der Waals surface area (Å²) in [6, 6.07) is 2.87. The molecule has 2 aromatic heterocycles. The lowest BCUT2D eigenvalue weighted by Crippen LogP contribution is -2.42. The van der Waals surface area contributed by atoms with Crippen molar-refractivity contribution in [1.82, 2.24) is 20.3 Å². The predicted molar refractivity (Wildman–Crippen MR) is 128 cm³/mol. The van der Waals surface area contributed by atoms with Crippen molar-refractivity contribution in [2.75, 3.05) is 38.9 Å². The van der Waals surface area contributed by atoms with Crippen LogP contribution in [0.3, 0.4) is 0 Å². The molecule has 34 heavy (non-hydrogen) atoms. The Kier molecular flexibility index (Phi) is 9.01. The Labute approximate surface area is 201 Å². The van der Waals surface area contributed by atoms with Crippen molar-refractivity contribution in [3.8, 4) is 17.1 Å². The highest BCUT2D eigenvalue weighted by Crippen LogP contribution is 2.27. The Morgan fingerprint density at radius 3 is 2.62 bits per heavy atom. The maximum atomic E-state index is 14.6. The molecule has 1 saturated carbocycles. The molecular formula is C25H36FN5O3. The molecular weight excluding hydrogens is 437 g/mol. The van der Waals surface area contributed by atoms with E-state index in [1.807, 2.05) is 0 Å². The van der Waals surface area contributed by atoms with Gasteiger partial charge in [-0.15, -0.1) is 0 Å². The van der Waals surface area contributed by atoms with Gasteiger partial charge in [-0.2, -0.15) is 0 Å². The Morgan fingerprint density at radius 1 is 1.09 bits per heavy atom. The monoisotopic (exact) mass is 473 g/mol. The molecule has 4 rings (SSSR count). The number of hydrogen-bond donors (Lipinski definition) is 2. The van der Waals surface area contributed by atoms with E-state index >= 15 is 0 Å². The summed E-state index contributed by atoms with van der Waals surface area (Å²) in [6.45, 7) is 4.96. The lowest BCUT2D eigenvalue weighted by molar-refractivity contribution is 0.0490. The van der Waals surface area contributed by atoms with Crippen molar-refractivity contribution >= 4 is 5.82 Å². The van der Waals surface area contributed by atoms with Crippen LogP contribution in [0.25, 0.3) is 11.3 Å². The molecule has 3 heterocycles. The van der Waals surface area contributed by atoms with Crippen LogP contribution >= 0.6 is 0 Å². The Balaban J connectivity index is 1.34. The van der Waals surface area contributed by atoms with E-state index in [9.17, 15) is 4.39 Å². The standard InChI is InChI=1S/C25H36FN5O3/c1-17(15-32-2)29-19-3-5-20(6-4-19)30-24-11-21(22(26)12-28-24)23-13-27-14-25(31-23)34-16-18-7-9-33-10-8-18/h11-14,17-20,29H,3-10,15-16H2,1-2H3,(H,28,30). The number of methoxy groups -OCH3 is 1. The fraction of sp³-hybridized carbons (Fsp3) is 0.640. The van der Waals surface area contributed by atoms with Crippen LogP contribution in [0.2, 0.25) is 0 Å². The number of halogens is 1. The highest BCUT2D eigenvalue weighted by atomic mass is 19.1. The van der Waals surface area contributed by atoms with E-state index in [4.69, 9.17) is 14.2 Å². The van der Waals surface area contributed by atoms with Crippen LogP contribution in [-0.4, -0.2) is 66.6 Å². The van der Waals surface area contributed by atoms with Crippen molar-refractivity contribution in [2.45, 2.75) is 63.6 Å². The first-order valence-electron chi connectivity index (χ1n) is 12.3. The molecule has 9 heteroatoms. The summed E-state index contributed by atoms with van der Waals surface area (Å²) in [5.74, 6) is 1.07. The smallest absolute Gasteiger partial charge is 0.232 e. The summed E-state index contributed by atoms with van der Waals surface area (Å²) in [5.41, 5.74) is 0.803. The lowest BCUT2D eigenvalue weighted by Gasteiger charge is -2.31. The van der Waals surface area contributed by atoms with Crippen molar-refractivity contribution in [3.63, 3.8) is 0 Å². The molecule has 2 fully saturated rings. The van der Waals surface area contributed by atoms with Gasteiger partial charge in [0.2, 0.25) is 5.88 Å². The second kappa shape index (κ2) is 12.4. The summed E-state index contributed by atoms with van der Waals surface area (Å²) in [7, 11) is 1.73. The SMILES string of the molecule is COCC(C)NC1CCC(Nc2cc(-c3cncc(OCC4CCOCC4)n3)c(F)cn2)CC1. The van der Waals surface area contributed by atoms with Crippen molar-refractivity contribution in [3.05, 3.63) is 30.5 Å². The molecule has 1 aliphatic carbocycles. The van der Waals surface area contributed by atoms with Gasteiger partial charge in [-0.1, -0.05) is 0 Å². The number of aromatic nitrogens is 3. The number of anilines is 1. The van der Waals surface area contributed by atoms with Crippen LogP contribution in [0.15, 0.2) is 24.7 Å². The number of rotatable bonds is 10. The molecule has 1 saturated heterocycles. The van der Waals surface area contributed by atoms with E-state index in [1.165, 1.54) is 6.20 Å². The minimum Gasteiger partial charge on any atom is -0.476 e. The number of ether oxygens (including phenoxy) is 3. The fourth-order valence-electron chi connectivity index (χ4n) is 4.69. The van der Waals surface area contributed by atoms with Gasteiger partial charge in [0.1, 0.15) is 5.82 Å². The number of pyridine rings is 1. The Morgan fingerprint density at radius 2 is 1.85 bits per heavy atom. The Hall–Kier alpha value is -2.36. The van der Waals surface area contributed by atoms with Crippen LogP contribution < -0.4 is 15.4 Å². The van der Waals surface area contributed by atoms with Gasteiger partial charge in [-0.3, -0.25) is 4.98 Å². The summed E-state index contributed by atoms with van der Waals surface area (Å²) in [6.07, 6.45) is 10.5. The van der Waals surface area contributed by atoms with E-state index in [1.54, 1.807) is 25.6 Å². The zero-order chi connectivity index (χ0) is 23.8. The van der Waals surface area contributed by atoms with Gasteiger partial charge in [-0.05, 0) is 57.4 Å². The molecule has 2 aromatic rings. The summed E-state index contributed by atoms with van der Waals surface area (Å²) in [4.78, 5) is 13.0. The third-order valence-corrected chi connectivity index (χ3v) is 6.57. The summed E-state index contributed by atoms with van der Waals surface area (Å²) >= 11 is 0. The van der Waals surface area contributed by atoms with E-state index in [0.29, 0.717) is 60.2 Å². The summed E-state index contributed by atoms with van der Waals surface area (Å²) in [5, 5.41) is 7.11. The molecule has 0 amide bonds. The Bertz CT molecular complexity index is 904. The van der Waals surface area contributed by atoms with Crippen LogP contribution in [0.1, 0.15) is 45.4 Å². The van der Waals surface area contributed by atoms with Crippen molar-refractivity contribution < 1.29 is 18.6 Å². The van der Waals surface area contributed by atoms with E-state index in [-0.39, 0.29) is 0 Å². The minimum absolute atomic E-state index is 0.307. The van der Waals surface area contributed by atoms with Gasteiger partial charge >= 0.3 is 0 Å². The van der Waals surface area contributed by atoms with Crippen molar-refractivity contribution in [1.29, 1.82) is 0 Å². The molecule has 8 nitrogen and oxygen atoms in total. The molecule has 0 spiro atoms. The largest absolute Gasteiger partial charge is 0.476 e. The molecule has 1 aliphatic heterocycles. The first-order chi connectivity index (χ1) is 16.6. The maximum absolute atomic E-state index is 14.6. The second-order valence-electron chi connectivity index (χ2n) is 9.37. The van der Waals surface area contributed by atoms with Gasteiger partial charge < -0.3 is 24.8 Å². The van der Waals surface area contributed by atoms with Crippen LogP contribution in [0.5, 0.6) is 5.88 Å². The zero-order valence-corrected chi connectivity index (χ0v) is 20.1. The highest BCUT2D eigenvalue weighted by Gasteiger charge is 2.23. The fourth-order valence-corrected chi connectivity index (χ4v) is 4.69. The highest BCUT2D eigenvalue weighted by molar-refractivity contribution is 5.63. The normalized spacial score (nSPS) is 22.3. The average Bonchev–Trinajstić information content (AvgIpc) is 2.86. The number of hydrogen-bond acceptors (Lipinski definition) is 8. The number of nitrogens with one attached hydrogen (secondary N) is 2. The summed E-state index contributed by atoms with van der Waals surface area (Å²) < 4.78 is 31.1. The maximum Gasteiger partial charge on any atom is 0.232 e. The quantitative estimate of drug-likeness (QED) is 0.538. The first kappa shape index (κ1) is 24.8. The lowest BCUT2D eigenvalue weighted by atomic mass is 9.90. The molecule has 1 atom stereocenters. The van der Waals surface area contributed by atoms with Gasteiger partial charge in [0, 0.05) is 44.0 Å². The average molecular weight is 474 g/mol. The van der Waals surface area contributed by atoms with Crippen molar-refractivity contribution in [2.24, 2.45) is 5.92 Å². The topological polar surface area (TPSA) is 90.4 Å². The van der Waals surface area contributed by atoms with Gasteiger partial charge in [0.05, 0.1) is 37.5 Å². The zero-order valence-electron chi connectivity index (χ0n) is 20.1. The van der Waals surface area contributed by atoms with E-state index < -0.39 is 5.82 Å². The molecule has 0 bridgehead atoms. The van der Waals surface area contributed by atoms with E-state index in [2.05, 4.69) is 32.5 Å². The molecule has 2 aliphatic rings. The molecule has 186 valence electrons. The van der Waals surface area contributed by atoms with E-state index in [0.717, 1.165) is 51.7 Å². The molecule has 0 radical (unpaired) electrons. The molecule has 0 aromatic carbocycles.